The lowest BCUT2D eigenvalue weighted by atomic mass is 10.1. The molecular formula is C19H31N3O4S. The van der Waals surface area contributed by atoms with Gasteiger partial charge in [0.2, 0.25) is 15.9 Å². The lowest BCUT2D eigenvalue weighted by molar-refractivity contribution is -0.119. The van der Waals surface area contributed by atoms with Gasteiger partial charge in [-0.2, -0.15) is 0 Å². The van der Waals surface area contributed by atoms with Gasteiger partial charge in [0.25, 0.3) is 0 Å². The van der Waals surface area contributed by atoms with Crippen LogP contribution < -0.4 is 14.4 Å². The summed E-state index contributed by atoms with van der Waals surface area (Å²) >= 11 is 0. The minimum Gasteiger partial charge on any atom is -0.492 e. The van der Waals surface area contributed by atoms with Gasteiger partial charge >= 0.3 is 0 Å². The van der Waals surface area contributed by atoms with Crippen molar-refractivity contribution in [1.82, 2.24) is 10.2 Å². The summed E-state index contributed by atoms with van der Waals surface area (Å²) in [6.45, 7) is 5.75. The van der Waals surface area contributed by atoms with E-state index in [4.69, 9.17) is 4.74 Å². The lowest BCUT2D eigenvalue weighted by Gasteiger charge is -2.26. The fourth-order valence-electron chi connectivity index (χ4n) is 3.22. The first-order valence-electron chi connectivity index (χ1n) is 9.60. The van der Waals surface area contributed by atoms with Crippen LogP contribution in [0.2, 0.25) is 0 Å². The number of sulfonamides is 1. The predicted octanol–water partition coefficient (Wildman–Crippen LogP) is 1.84. The first kappa shape index (κ1) is 21.5. The number of hydrogen-bond donors (Lipinski definition) is 1. The minimum atomic E-state index is -3.62. The molecule has 0 unspecified atom stereocenters. The number of anilines is 1. The van der Waals surface area contributed by atoms with Crippen molar-refractivity contribution < 1.29 is 17.9 Å². The van der Waals surface area contributed by atoms with Crippen molar-refractivity contribution in [2.75, 3.05) is 49.9 Å². The zero-order valence-corrected chi connectivity index (χ0v) is 17.1. The van der Waals surface area contributed by atoms with E-state index >= 15 is 0 Å². The molecular weight excluding hydrogens is 366 g/mol. The molecule has 1 aliphatic heterocycles. The summed E-state index contributed by atoms with van der Waals surface area (Å²) < 4.78 is 31.1. The first-order chi connectivity index (χ1) is 12.9. The van der Waals surface area contributed by atoms with Crippen molar-refractivity contribution in [2.45, 2.75) is 32.6 Å². The first-order valence-corrected chi connectivity index (χ1v) is 11.4. The Hall–Kier alpha value is -1.80. The number of nitrogens with one attached hydrogen (secondary N) is 1. The van der Waals surface area contributed by atoms with Crippen LogP contribution in [0.5, 0.6) is 5.75 Å². The number of benzene rings is 1. The van der Waals surface area contributed by atoms with Crippen molar-refractivity contribution >= 4 is 21.6 Å². The molecule has 1 aromatic carbocycles. The molecule has 1 heterocycles. The second-order valence-electron chi connectivity index (χ2n) is 6.78. The molecule has 0 bridgehead atoms. The van der Waals surface area contributed by atoms with Crippen LogP contribution in [0, 0.1) is 0 Å². The SMILES string of the molecule is CCOc1ccccc1N(CC(=O)NCCCN1CCCCC1)S(C)(=O)=O. The highest BCUT2D eigenvalue weighted by Gasteiger charge is 2.23. The molecule has 8 heteroatoms. The van der Waals surface area contributed by atoms with E-state index in [-0.39, 0.29) is 12.5 Å². The molecule has 1 fully saturated rings. The van der Waals surface area contributed by atoms with Gasteiger partial charge in [0.15, 0.2) is 0 Å². The summed E-state index contributed by atoms with van der Waals surface area (Å²) in [5.74, 6) is 0.133. The van der Waals surface area contributed by atoms with E-state index < -0.39 is 10.0 Å². The number of carbonyl (C=O) groups is 1. The van der Waals surface area contributed by atoms with E-state index in [9.17, 15) is 13.2 Å². The third-order valence-corrected chi connectivity index (χ3v) is 5.67. The van der Waals surface area contributed by atoms with Crippen molar-refractivity contribution in [3.8, 4) is 5.75 Å². The molecule has 0 atom stereocenters. The summed E-state index contributed by atoms with van der Waals surface area (Å²) in [5.41, 5.74) is 0.380. The van der Waals surface area contributed by atoms with E-state index in [2.05, 4.69) is 10.2 Å². The molecule has 0 spiro atoms. The van der Waals surface area contributed by atoms with Gasteiger partial charge in [-0.15, -0.1) is 0 Å². The Morgan fingerprint density at radius 1 is 1.22 bits per heavy atom. The third kappa shape index (κ3) is 7.03. The maximum absolute atomic E-state index is 12.3. The van der Waals surface area contributed by atoms with Crippen LogP contribution in [0.4, 0.5) is 5.69 Å². The molecule has 152 valence electrons. The van der Waals surface area contributed by atoms with Gasteiger partial charge in [-0.3, -0.25) is 9.10 Å². The van der Waals surface area contributed by atoms with Gasteiger partial charge in [-0.25, -0.2) is 8.42 Å². The number of carbonyl (C=O) groups excluding carboxylic acids is 1. The summed E-state index contributed by atoms with van der Waals surface area (Å²) in [7, 11) is -3.62. The number of piperidine rings is 1. The Morgan fingerprint density at radius 2 is 1.93 bits per heavy atom. The fourth-order valence-corrected chi connectivity index (χ4v) is 4.08. The molecule has 7 nitrogen and oxygen atoms in total. The molecule has 1 N–H and O–H groups in total. The molecule has 27 heavy (non-hydrogen) atoms. The van der Waals surface area contributed by atoms with E-state index in [1.54, 1.807) is 24.3 Å². The van der Waals surface area contributed by atoms with Crippen LogP contribution in [-0.4, -0.2) is 64.8 Å². The number of hydrogen-bond acceptors (Lipinski definition) is 5. The molecule has 1 amide bonds. The molecule has 0 saturated carbocycles. The van der Waals surface area contributed by atoms with Gasteiger partial charge < -0.3 is 15.0 Å². The van der Waals surface area contributed by atoms with Crippen LogP contribution in [0.25, 0.3) is 0 Å². The Labute approximate surface area is 162 Å². The molecule has 0 aliphatic carbocycles. The molecule has 2 rings (SSSR count). The van der Waals surface area contributed by atoms with Crippen LogP contribution >= 0.6 is 0 Å². The minimum absolute atomic E-state index is 0.257. The highest BCUT2D eigenvalue weighted by atomic mass is 32.2. The molecule has 1 saturated heterocycles. The van der Waals surface area contributed by atoms with Crippen LogP contribution in [0.1, 0.15) is 32.6 Å². The molecule has 1 aromatic rings. The van der Waals surface area contributed by atoms with Crippen molar-refractivity contribution in [1.29, 1.82) is 0 Å². The van der Waals surface area contributed by atoms with Gasteiger partial charge in [0, 0.05) is 6.54 Å². The highest BCUT2D eigenvalue weighted by Crippen LogP contribution is 2.29. The van der Waals surface area contributed by atoms with Gasteiger partial charge in [-0.1, -0.05) is 18.6 Å². The lowest BCUT2D eigenvalue weighted by Crippen LogP contribution is -2.41. The van der Waals surface area contributed by atoms with E-state index in [0.29, 0.717) is 24.6 Å². The van der Waals surface area contributed by atoms with Crippen LogP contribution in [0.15, 0.2) is 24.3 Å². The largest absolute Gasteiger partial charge is 0.492 e. The Bertz CT molecular complexity index is 703. The Balaban J connectivity index is 1.91. The summed E-state index contributed by atoms with van der Waals surface area (Å²) in [6, 6.07) is 6.85. The Morgan fingerprint density at radius 3 is 2.59 bits per heavy atom. The predicted molar refractivity (Wildman–Crippen MR) is 108 cm³/mol. The smallest absolute Gasteiger partial charge is 0.240 e. The Kier molecular flexibility index (Phi) is 8.37. The topological polar surface area (TPSA) is 79.0 Å². The monoisotopic (exact) mass is 397 g/mol. The number of ether oxygens (including phenoxy) is 1. The van der Waals surface area contributed by atoms with Gasteiger partial charge in [0.1, 0.15) is 12.3 Å². The van der Waals surface area contributed by atoms with Crippen molar-refractivity contribution in [3.63, 3.8) is 0 Å². The molecule has 1 aliphatic rings. The maximum Gasteiger partial charge on any atom is 0.240 e. The van der Waals surface area contributed by atoms with Crippen molar-refractivity contribution in [2.24, 2.45) is 0 Å². The second kappa shape index (κ2) is 10.5. The third-order valence-electron chi connectivity index (χ3n) is 4.54. The zero-order valence-electron chi connectivity index (χ0n) is 16.3. The van der Waals surface area contributed by atoms with Gasteiger partial charge in [-0.05, 0) is 58.0 Å². The summed E-state index contributed by atoms with van der Waals surface area (Å²) in [5, 5.41) is 2.83. The molecule has 0 aromatic heterocycles. The van der Waals surface area contributed by atoms with Crippen molar-refractivity contribution in [3.05, 3.63) is 24.3 Å². The maximum atomic E-state index is 12.3. The number of rotatable bonds is 10. The highest BCUT2D eigenvalue weighted by molar-refractivity contribution is 7.92. The number of likely N-dealkylation sites (tertiary alicyclic amines) is 1. The quantitative estimate of drug-likeness (QED) is 0.610. The van der Waals surface area contributed by atoms with Crippen LogP contribution in [-0.2, 0) is 14.8 Å². The molecule has 0 radical (unpaired) electrons. The van der Waals surface area contributed by atoms with E-state index in [1.807, 2.05) is 6.92 Å². The fraction of sp³-hybridized carbons (Fsp3) is 0.632. The standard InChI is InChI=1S/C19H31N3O4S/c1-3-26-18-11-6-5-10-17(18)22(27(2,24)25)16-19(23)20-12-9-15-21-13-7-4-8-14-21/h5-6,10-11H,3-4,7-9,12-16H2,1-2H3,(H,20,23). The van der Waals surface area contributed by atoms with E-state index in [1.165, 1.54) is 19.3 Å². The number of nitrogens with zero attached hydrogens (tertiary/aromatic N) is 2. The summed E-state index contributed by atoms with van der Waals surface area (Å²) in [4.78, 5) is 14.7. The van der Waals surface area contributed by atoms with Gasteiger partial charge in [0.05, 0.1) is 18.6 Å². The number of amides is 1. The average Bonchev–Trinajstić information content (AvgIpc) is 2.64. The average molecular weight is 398 g/mol. The number of para-hydroxylation sites is 2. The summed E-state index contributed by atoms with van der Waals surface area (Å²) in [6.07, 6.45) is 5.75. The second-order valence-corrected chi connectivity index (χ2v) is 8.68. The zero-order chi connectivity index (χ0) is 19.7. The van der Waals surface area contributed by atoms with E-state index in [0.717, 1.165) is 36.6 Å². The normalized spacial score (nSPS) is 15.3. The van der Waals surface area contributed by atoms with Crippen LogP contribution in [0.3, 0.4) is 0 Å².